The first-order valence-corrected chi connectivity index (χ1v) is 5.71. The van der Waals surface area contributed by atoms with Crippen LogP contribution in [0, 0.1) is 0 Å². The molecular formula is C16H24. The molecule has 0 atom stereocenters. The molecule has 0 N–H and O–H groups in total. The molecule has 0 saturated heterocycles. The molecular weight excluding hydrogens is 192 g/mol. The largest absolute Gasteiger partial charge is 0.0990 e. The number of rotatable bonds is 5. The average Bonchev–Trinajstić information content (AvgIpc) is 2.33. The summed E-state index contributed by atoms with van der Waals surface area (Å²) in [6.07, 6.45) is 15.7. The Morgan fingerprint density at radius 1 is 0.875 bits per heavy atom. The van der Waals surface area contributed by atoms with E-state index in [1.165, 1.54) is 0 Å². The molecule has 0 aliphatic heterocycles. The van der Waals surface area contributed by atoms with E-state index in [2.05, 4.69) is 13.2 Å². The molecule has 0 heteroatoms. The van der Waals surface area contributed by atoms with Crippen LogP contribution in [0.4, 0.5) is 0 Å². The molecule has 0 amide bonds. The Labute approximate surface area is 101 Å². The van der Waals surface area contributed by atoms with Gasteiger partial charge >= 0.3 is 0 Å². The minimum atomic E-state index is 1.10. The van der Waals surface area contributed by atoms with Crippen molar-refractivity contribution in [1.29, 1.82) is 0 Å². The molecule has 0 aliphatic rings. The third-order valence-electron chi connectivity index (χ3n) is 1.67. The summed E-state index contributed by atoms with van der Waals surface area (Å²) < 4.78 is 0. The second kappa shape index (κ2) is 13.4. The molecule has 0 nitrogen and oxygen atoms in total. The molecule has 0 spiro atoms. The van der Waals surface area contributed by atoms with E-state index < -0.39 is 0 Å². The van der Waals surface area contributed by atoms with Crippen LogP contribution in [0.5, 0.6) is 0 Å². The Bertz CT molecular complexity index is 296. The second-order valence-electron chi connectivity index (χ2n) is 2.71. The van der Waals surface area contributed by atoms with Crippen molar-refractivity contribution in [3.8, 4) is 0 Å². The van der Waals surface area contributed by atoms with Crippen LogP contribution in [0.1, 0.15) is 27.7 Å². The van der Waals surface area contributed by atoms with Crippen LogP contribution < -0.4 is 0 Å². The minimum absolute atomic E-state index is 1.10. The molecule has 88 valence electrons. The van der Waals surface area contributed by atoms with Gasteiger partial charge in [0.2, 0.25) is 0 Å². The maximum absolute atomic E-state index is 3.79. The summed E-state index contributed by atoms with van der Waals surface area (Å²) in [6.45, 7) is 15.5. The Morgan fingerprint density at radius 2 is 1.50 bits per heavy atom. The maximum atomic E-state index is 3.79. The average molecular weight is 216 g/mol. The molecule has 0 aromatic rings. The van der Waals surface area contributed by atoms with Gasteiger partial charge in [-0.25, -0.2) is 0 Å². The fourth-order valence-corrected chi connectivity index (χ4v) is 1.04. The lowest BCUT2D eigenvalue weighted by Gasteiger charge is -2.00. The zero-order valence-corrected chi connectivity index (χ0v) is 11.0. The van der Waals surface area contributed by atoms with E-state index in [1.54, 1.807) is 6.08 Å². The monoisotopic (exact) mass is 216 g/mol. The summed E-state index contributed by atoms with van der Waals surface area (Å²) in [6, 6.07) is 0. The summed E-state index contributed by atoms with van der Waals surface area (Å²) in [5, 5.41) is 0. The highest BCUT2D eigenvalue weighted by Crippen LogP contribution is 2.13. The van der Waals surface area contributed by atoms with E-state index in [0.717, 1.165) is 11.1 Å². The molecule has 0 saturated carbocycles. The summed E-state index contributed by atoms with van der Waals surface area (Å²) in [7, 11) is 0. The molecule has 0 heterocycles. The quantitative estimate of drug-likeness (QED) is 0.540. The summed E-state index contributed by atoms with van der Waals surface area (Å²) in [5.74, 6) is 0. The van der Waals surface area contributed by atoms with Crippen molar-refractivity contribution in [2.75, 3.05) is 0 Å². The van der Waals surface area contributed by atoms with Gasteiger partial charge in [-0.2, -0.15) is 0 Å². The van der Waals surface area contributed by atoms with E-state index in [-0.39, 0.29) is 0 Å². The van der Waals surface area contributed by atoms with E-state index in [4.69, 9.17) is 0 Å². The van der Waals surface area contributed by atoms with Gasteiger partial charge in [-0.05, 0) is 25.0 Å². The highest BCUT2D eigenvalue weighted by atomic mass is 14.0. The van der Waals surface area contributed by atoms with Crippen LogP contribution in [-0.2, 0) is 0 Å². The molecule has 0 aromatic carbocycles. The van der Waals surface area contributed by atoms with Crippen molar-refractivity contribution in [1.82, 2.24) is 0 Å². The predicted octanol–water partition coefficient (Wildman–Crippen LogP) is 5.39. The van der Waals surface area contributed by atoms with Crippen molar-refractivity contribution in [2.24, 2.45) is 0 Å². The predicted molar refractivity (Wildman–Crippen MR) is 77.5 cm³/mol. The van der Waals surface area contributed by atoms with Crippen LogP contribution in [-0.4, -0.2) is 0 Å². The van der Waals surface area contributed by atoms with Crippen molar-refractivity contribution in [3.05, 3.63) is 72.9 Å². The zero-order chi connectivity index (χ0) is 12.8. The van der Waals surface area contributed by atoms with Crippen LogP contribution >= 0.6 is 0 Å². The van der Waals surface area contributed by atoms with Gasteiger partial charge in [0.1, 0.15) is 0 Å². The van der Waals surface area contributed by atoms with Crippen molar-refractivity contribution in [2.45, 2.75) is 27.7 Å². The van der Waals surface area contributed by atoms with Crippen molar-refractivity contribution < 1.29 is 0 Å². The molecule has 0 unspecified atom stereocenters. The SMILES string of the molecule is C=C/C=C(/C=C\C)C(\C=C)=C/C=C\C.CC. The highest BCUT2D eigenvalue weighted by Gasteiger charge is 1.93. The Hall–Kier alpha value is -1.56. The van der Waals surface area contributed by atoms with Gasteiger partial charge in [0, 0.05) is 0 Å². The maximum Gasteiger partial charge on any atom is -0.0188 e. The van der Waals surface area contributed by atoms with Crippen LogP contribution in [0.25, 0.3) is 0 Å². The summed E-state index contributed by atoms with van der Waals surface area (Å²) in [5.41, 5.74) is 2.22. The molecule has 0 bridgehead atoms. The summed E-state index contributed by atoms with van der Waals surface area (Å²) in [4.78, 5) is 0. The first-order chi connectivity index (χ1) is 7.79. The van der Waals surface area contributed by atoms with E-state index in [0.29, 0.717) is 0 Å². The Morgan fingerprint density at radius 3 is 1.88 bits per heavy atom. The third kappa shape index (κ3) is 7.81. The van der Waals surface area contributed by atoms with Gasteiger partial charge in [-0.15, -0.1) is 0 Å². The van der Waals surface area contributed by atoms with E-state index in [1.807, 2.05) is 70.2 Å². The van der Waals surface area contributed by atoms with Gasteiger partial charge in [0.25, 0.3) is 0 Å². The Balaban J connectivity index is 0. The lowest BCUT2D eigenvalue weighted by Crippen LogP contribution is -1.81. The van der Waals surface area contributed by atoms with Gasteiger partial charge in [0.15, 0.2) is 0 Å². The standard InChI is InChI=1S/C14H18.C2H6/c1-5-9-12-13(8-4)14(10-6-2)11-7-3;1-2/h5-12H,2,4H2,1,3H3;1-2H3/b9-5-,11-7-,13-12-,14-10-;. The first kappa shape index (κ1) is 16.9. The lowest BCUT2D eigenvalue weighted by atomic mass is 10.0. The first-order valence-electron chi connectivity index (χ1n) is 5.71. The topological polar surface area (TPSA) is 0 Å². The van der Waals surface area contributed by atoms with E-state index >= 15 is 0 Å². The lowest BCUT2D eigenvalue weighted by molar-refractivity contribution is 1.50. The fraction of sp³-hybridized carbons (Fsp3) is 0.250. The fourth-order valence-electron chi connectivity index (χ4n) is 1.04. The van der Waals surface area contributed by atoms with Crippen LogP contribution in [0.15, 0.2) is 72.9 Å². The number of allylic oxidation sites excluding steroid dienone is 10. The van der Waals surface area contributed by atoms with Crippen LogP contribution in [0.3, 0.4) is 0 Å². The second-order valence-corrected chi connectivity index (χ2v) is 2.71. The van der Waals surface area contributed by atoms with E-state index in [9.17, 15) is 0 Å². The van der Waals surface area contributed by atoms with Gasteiger partial charge in [-0.3, -0.25) is 0 Å². The molecule has 0 rings (SSSR count). The molecule has 16 heavy (non-hydrogen) atoms. The number of hydrogen-bond acceptors (Lipinski definition) is 0. The molecule has 0 radical (unpaired) electrons. The molecule has 0 aliphatic carbocycles. The van der Waals surface area contributed by atoms with Crippen LogP contribution in [0.2, 0.25) is 0 Å². The third-order valence-corrected chi connectivity index (χ3v) is 1.67. The summed E-state index contributed by atoms with van der Waals surface area (Å²) >= 11 is 0. The molecule has 0 aromatic heterocycles. The number of hydrogen-bond donors (Lipinski definition) is 0. The van der Waals surface area contributed by atoms with Crippen molar-refractivity contribution in [3.63, 3.8) is 0 Å². The smallest absolute Gasteiger partial charge is 0.0188 e. The van der Waals surface area contributed by atoms with Crippen molar-refractivity contribution >= 4 is 0 Å². The van der Waals surface area contributed by atoms with Gasteiger partial charge < -0.3 is 0 Å². The van der Waals surface area contributed by atoms with Gasteiger partial charge in [0.05, 0.1) is 0 Å². The minimum Gasteiger partial charge on any atom is -0.0990 e. The van der Waals surface area contributed by atoms with Gasteiger partial charge in [-0.1, -0.05) is 75.6 Å². The zero-order valence-electron chi connectivity index (χ0n) is 11.0. The Kier molecular flexibility index (Phi) is 14.2. The normalized spacial score (nSPS) is 12.5. The highest BCUT2D eigenvalue weighted by molar-refractivity contribution is 5.48. The molecule has 0 fully saturated rings.